The number of aliphatic hydroxyl groups excluding tert-OH is 1. The third-order valence-corrected chi connectivity index (χ3v) is 4.07. The second-order valence-electron chi connectivity index (χ2n) is 2.80. The highest BCUT2D eigenvalue weighted by Crippen LogP contribution is 2.31. The molecule has 1 aromatic rings. The van der Waals surface area contributed by atoms with E-state index in [9.17, 15) is 0 Å². The van der Waals surface area contributed by atoms with Crippen molar-refractivity contribution in [2.24, 2.45) is 0 Å². The van der Waals surface area contributed by atoms with Crippen LogP contribution in [0.15, 0.2) is 10.5 Å². The minimum Gasteiger partial charge on any atom is -0.395 e. The van der Waals surface area contributed by atoms with E-state index >= 15 is 0 Å². The normalized spacial score (nSPS) is 13.2. The van der Waals surface area contributed by atoms with Crippen LogP contribution in [0.1, 0.15) is 11.8 Å². The molecule has 0 spiro atoms. The molecule has 2 nitrogen and oxygen atoms in total. The monoisotopic (exact) mass is 283 g/mol. The number of halogens is 2. The molecule has 1 aromatic heterocycles. The van der Waals surface area contributed by atoms with Gasteiger partial charge < -0.3 is 10.4 Å². The molecule has 0 aliphatic rings. The molecule has 0 aliphatic carbocycles. The van der Waals surface area contributed by atoms with Crippen LogP contribution in [0, 0.1) is 0 Å². The Labute approximate surface area is 95.0 Å². The maximum atomic E-state index is 8.78. The number of hydrogen-bond acceptors (Lipinski definition) is 3. The molecule has 0 aromatic carbocycles. The van der Waals surface area contributed by atoms with Crippen molar-refractivity contribution in [2.75, 3.05) is 6.61 Å². The molecule has 5 heteroatoms. The quantitative estimate of drug-likeness (QED) is 0.891. The Hall–Kier alpha value is 0.390. The van der Waals surface area contributed by atoms with Crippen molar-refractivity contribution in [2.45, 2.75) is 19.5 Å². The molecule has 1 unspecified atom stereocenters. The number of rotatable bonds is 4. The highest BCUT2D eigenvalue weighted by Gasteiger charge is 2.05. The lowest BCUT2D eigenvalue weighted by Crippen LogP contribution is -2.28. The molecule has 1 heterocycles. The summed E-state index contributed by atoms with van der Waals surface area (Å²) < 4.78 is 1.71. The molecular formula is C8H11BrClNOS. The average molecular weight is 285 g/mol. The summed E-state index contributed by atoms with van der Waals surface area (Å²) in [6, 6.07) is 2.11. The summed E-state index contributed by atoms with van der Waals surface area (Å²) in [6.45, 7) is 2.84. The van der Waals surface area contributed by atoms with Gasteiger partial charge in [0.15, 0.2) is 0 Å². The van der Waals surface area contributed by atoms with Crippen LogP contribution in [0.5, 0.6) is 0 Å². The van der Waals surface area contributed by atoms with Crippen LogP contribution in [0.3, 0.4) is 0 Å². The van der Waals surface area contributed by atoms with Gasteiger partial charge in [0.1, 0.15) is 4.34 Å². The first-order valence-corrected chi connectivity index (χ1v) is 5.90. The van der Waals surface area contributed by atoms with Crippen molar-refractivity contribution in [1.82, 2.24) is 5.32 Å². The lowest BCUT2D eigenvalue weighted by atomic mass is 10.3. The van der Waals surface area contributed by atoms with Gasteiger partial charge in [-0.25, -0.2) is 0 Å². The molecule has 0 fully saturated rings. The smallest absolute Gasteiger partial charge is 0.107 e. The third-order valence-electron chi connectivity index (χ3n) is 1.59. The minimum absolute atomic E-state index is 0.125. The van der Waals surface area contributed by atoms with Gasteiger partial charge in [0.2, 0.25) is 0 Å². The van der Waals surface area contributed by atoms with Crippen molar-refractivity contribution in [3.8, 4) is 0 Å². The highest BCUT2D eigenvalue weighted by molar-refractivity contribution is 9.10. The van der Waals surface area contributed by atoms with E-state index in [1.807, 2.05) is 13.0 Å². The van der Waals surface area contributed by atoms with Gasteiger partial charge in [-0.2, -0.15) is 0 Å². The summed E-state index contributed by atoms with van der Waals surface area (Å²) >= 11 is 10.8. The third kappa shape index (κ3) is 3.56. The van der Waals surface area contributed by atoms with Crippen LogP contribution in [-0.2, 0) is 6.54 Å². The predicted molar refractivity (Wildman–Crippen MR) is 60.4 cm³/mol. The van der Waals surface area contributed by atoms with Crippen molar-refractivity contribution >= 4 is 38.9 Å². The first-order chi connectivity index (χ1) is 6.13. The number of aliphatic hydroxyl groups is 1. The zero-order chi connectivity index (χ0) is 9.84. The van der Waals surface area contributed by atoms with E-state index in [4.69, 9.17) is 16.7 Å². The SMILES string of the molecule is CC(CO)NCc1cc(Br)c(Cl)s1. The second-order valence-corrected chi connectivity index (χ2v) is 5.39. The number of hydrogen-bond donors (Lipinski definition) is 2. The Morgan fingerprint density at radius 2 is 2.46 bits per heavy atom. The predicted octanol–water partition coefficient (Wildman–Crippen LogP) is 2.63. The summed E-state index contributed by atoms with van der Waals surface area (Å²) in [5, 5.41) is 11.9. The summed E-state index contributed by atoms with van der Waals surface area (Å²) in [5.74, 6) is 0. The summed E-state index contributed by atoms with van der Waals surface area (Å²) in [6.07, 6.45) is 0. The van der Waals surface area contributed by atoms with E-state index in [0.717, 1.165) is 20.2 Å². The Balaban J connectivity index is 2.45. The average Bonchev–Trinajstić information content (AvgIpc) is 2.42. The zero-order valence-corrected chi connectivity index (χ0v) is 10.3. The zero-order valence-electron chi connectivity index (χ0n) is 7.18. The number of thiophene rings is 1. The molecule has 0 amide bonds. The van der Waals surface area contributed by atoms with Gasteiger partial charge in [-0.1, -0.05) is 11.6 Å². The van der Waals surface area contributed by atoms with E-state index in [1.165, 1.54) is 0 Å². The Morgan fingerprint density at radius 3 is 2.92 bits per heavy atom. The van der Waals surface area contributed by atoms with Gasteiger partial charge >= 0.3 is 0 Å². The standard InChI is InChI=1S/C8H11BrClNOS/c1-5(4-12)11-3-6-2-7(9)8(10)13-6/h2,5,11-12H,3-4H2,1H3. The van der Waals surface area contributed by atoms with Crippen LogP contribution in [-0.4, -0.2) is 17.8 Å². The molecule has 2 N–H and O–H groups in total. The first-order valence-electron chi connectivity index (χ1n) is 3.91. The van der Waals surface area contributed by atoms with E-state index in [2.05, 4.69) is 21.2 Å². The summed E-state index contributed by atoms with van der Waals surface area (Å²) in [7, 11) is 0. The van der Waals surface area contributed by atoms with Crippen molar-refractivity contribution in [3.05, 3.63) is 19.8 Å². The van der Waals surface area contributed by atoms with E-state index in [0.29, 0.717) is 0 Å². The van der Waals surface area contributed by atoms with Crippen molar-refractivity contribution < 1.29 is 5.11 Å². The summed E-state index contributed by atoms with van der Waals surface area (Å²) in [5.41, 5.74) is 0. The molecule has 0 saturated heterocycles. The number of nitrogens with one attached hydrogen (secondary N) is 1. The Kier molecular flexibility index (Phi) is 4.69. The van der Waals surface area contributed by atoms with Crippen LogP contribution >= 0.6 is 38.9 Å². The van der Waals surface area contributed by atoms with Crippen LogP contribution in [0.2, 0.25) is 4.34 Å². The van der Waals surface area contributed by atoms with Gasteiger partial charge in [-0.05, 0) is 28.9 Å². The van der Waals surface area contributed by atoms with Gasteiger partial charge in [0.05, 0.1) is 6.61 Å². The first kappa shape index (κ1) is 11.5. The molecule has 0 aliphatic heterocycles. The van der Waals surface area contributed by atoms with Crippen LogP contribution in [0.4, 0.5) is 0 Å². The maximum absolute atomic E-state index is 8.78. The van der Waals surface area contributed by atoms with Gasteiger partial charge in [-0.15, -0.1) is 11.3 Å². The van der Waals surface area contributed by atoms with E-state index < -0.39 is 0 Å². The van der Waals surface area contributed by atoms with Crippen molar-refractivity contribution in [1.29, 1.82) is 0 Å². The highest BCUT2D eigenvalue weighted by atomic mass is 79.9. The van der Waals surface area contributed by atoms with E-state index in [-0.39, 0.29) is 12.6 Å². The van der Waals surface area contributed by atoms with Crippen LogP contribution < -0.4 is 5.32 Å². The largest absolute Gasteiger partial charge is 0.395 e. The minimum atomic E-state index is 0.125. The molecule has 1 atom stereocenters. The fourth-order valence-corrected chi connectivity index (χ4v) is 2.56. The maximum Gasteiger partial charge on any atom is 0.107 e. The molecule has 13 heavy (non-hydrogen) atoms. The lowest BCUT2D eigenvalue weighted by molar-refractivity contribution is 0.251. The van der Waals surface area contributed by atoms with Crippen LogP contribution in [0.25, 0.3) is 0 Å². The van der Waals surface area contributed by atoms with Gasteiger partial charge in [0, 0.05) is 21.9 Å². The fraction of sp³-hybridized carbons (Fsp3) is 0.500. The molecule has 1 rings (SSSR count). The molecule has 74 valence electrons. The topological polar surface area (TPSA) is 32.3 Å². The second kappa shape index (κ2) is 5.32. The lowest BCUT2D eigenvalue weighted by Gasteiger charge is -2.08. The Morgan fingerprint density at radius 1 is 1.77 bits per heavy atom. The van der Waals surface area contributed by atoms with Gasteiger partial charge in [0.25, 0.3) is 0 Å². The Bertz CT molecular complexity index is 260. The molecule has 0 saturated carbocycles. The van der Waals surface area contributed by atoms with E-state index in [1.54, 1.807) is 11.3 Å². The molecule has 0 radical (unpaired) electrons. The fourth-order valence-electron chi connectivity index (χ4n) is 0.818. The summed E-state index contributed by atoms with van der Waals surface area (Å²) in [4.78, 5) is 1.16. The molecular weight excluding hydrogens is 274 g/mol. The van der Waals surface area contributed by atoms with Crippen molar-refractivity contribution in [3.63, 3.8) is 0 Å². The van der Waals surface area contributed by atoms with Gasteiger partial charge in [-0.3, -0.25) is 0 Å². The molecule has 0 bridgehead atoms.